The molecule has 2 aromatic carbocycles. The Morgan fingerprint density at radius 1 is 0.885 bits per heavy atom. The second kappa shape index (κ2) is 9.17. The molecule has 7 nitrogen and oxygen atoms in total. The SMILES string of the molecule is COc1cc2ncnc(Nc3ccc(O)cc3)c2c(OC)c1OC.Cl.Cl. The summed E-state index contributed by atoms with van der Waals surface area (Å²) in [4.78, 5) is 8.59. The first-order valence-corrected chi connectivity index (χ1v) is 7.17. The zero-order valence-corrected chi connectivity index (χ0v) is 16.0. The number of rotatable bonds is 5. The van der Waals surface area contributed by atoms with Crippen LogP contribution in [0.1, 0.15) is 0 Å². The fraction of sp³-hybridized carbons (Fsp3) is 0.176. The summed E-state index contributed by atoms with van der Waals surface area (Å²) in [6.07, 6.45) is 1.45. The molecular weight excluding hydrogens is 381 g/mol. The Morgan fingerprint density at radius 2 is 1.54 bits per heavy atom. The summed E-state index contributed by atoms with van der Waals surface area (Å²) in [6.45, 7) is 0. The molecule has 26 heavy (non-hydrogen) atoms. The molecule has 1 aromatic heterocycles. The second-order valence-electron chi connectivity index (χ2n) is 4.93. The van der Waals surface area contributed by atoms with Crippen molar-refractivity contribution < 1.29 is 19.3 Å². The normalized spacial score (nSPS) is 9.65. The Balaban J connectivity index is 0.00000169. The molecule has 1 heterocycles. The average Bonchev–Trinajstić information content (AvgIpc) is 2.62. The number of hydrogen-bond acceptors (Lipinski definition) is 7. The largest absolute Gasteiger partial charge is 0.508 e. The maximum Gasteiger partial charge on any atom is 0.204 e. The molecule has 0 radical (unpaired) electrons. The molecule has 2 N–H and O–H groups in total. The highest BCUT2D eigenvalue weighted by atomic mass is 35.5. The fourth-order valence-corrected chi connectivity index (χ4v) is 2.46. The van der Waals surface area contributed by atoms with Crippen molar-refractivity contribution in [3.05, 3.63) is 36.7 Å². The Bertz CT molecular complexity index is 876. The Hall–Kier alpha value is -2.64. The number of phenols is 1. The van der Waals surface area contributed by atoms with Crippen molar-refractivity contribution in [2.75, 3.05) is 26.6 Å². The fourth-order valence-electron chi connectivity index (χ4n) is 2.46. The molecule has 3 aromatic rings. The van der Waals surface area contributed by atoms with Gasteiger partial charge in [-0.3, -0.25) is 0 Å². The molecule has 0 fully saturated rings. The molecule has 0 bridgehead atoms. The van der Waals surface area contributed by atoms with E-state index in [0.29, 0.717) is 34.0 Å². The first-order chi connectivity index (χ1) is 11.7. The average molecular weight is 400 g/mol. The Morgan fingerprint density at radius 3 is 2.12 bits per heavy atom. The van der Waals surface area contributed by atoms with Crippen LogP contribution < -0.4 is 19.5 Å². The molecule has 0 saturated heterocycles. The van der Waals surface area contributed by atoms with Gasteiger partial charge in [0, 0.05) is 11.8 Å². The summed E-state index contributed by atoms with van der Waals surface area (Å²) in [5.41, 5.74) is 1.42. The molecule has 0 spiro atoms. The van der Waals surface area contributed by atoms with Crippen LogP contribution >= 0.6 is 24.8 Å². The molecule has 0 atom stereocenters. The third-order valence-electron chi connectivity index (χ3n) is 3.56. The van der Waals surface area contributed by atoms with E-state index in [1.54, 1.807) is 51.7 Å². The van der Waals surface area contributed by atoms with Crippen molar-refractivity contribution in [3.8, 4) is 23.0 Å². The predicted octanol–water partition coefficient (Wildman–Crippen LogP) is 3.95. The molecule has 3 rings (SSSR count). The van der Waals surface area contributed by atoms with Crippen molar-refractivity contribution in [1.29, 1.82) is 0 Å². The number of methoxy groups -OCH3 is 3. The van der Waals surface area contributed by atoms with Gasteiger partial charge in [0.2, 0.25) is 5.75 Å². The summed E-state index contributed by atoms with van der Waals surface area (Å²) < 4.78 is 16.3. The van der Waals surface area contributed by atoms with Gasteiger partial charge in [0.1, 0.15) is 17.9 Å². The van der Waals surface area contributed by atoms with Gasteiger partial charge in [-0.2, -0.15) is 0 Å². The Labute approximate surface area is 163 Å². The van der Waals surface area contributed by atoms with Crippen LogP contribution in [0.3, 0.4) is 0 Å². The number of anilines is 2. The van der Waals surface area contributed by atoms with Crippen LogP contribution in [0.4, 0.5) is 11.5 Å². The maximum absolute atomic E-state index is 9.40. The van der Waals surface area contributed by atoms with E-state index in [0.717, 1.165) is 5.69 Å². The van der Waals surface area contributed by atoms with Crippen LogP contribution in [-0.4, -0.2) is 36.4 Å². The van der Waals surface area contributed by atoms with Crippen molar-refractivity contribution in [1.82, 2.24) is 9.97 Å². The van der Waals surface area contributed by atoms with Gasteiger partial charge in [-0.15, -0.1) is 24.8 Å². The van der Waals surface area contributed by atoms with Gasteiger partial charge in [0.05, 0.1) is 32.2 Å². The maximum atomic E-state index is 9.40. The first kappa shape index (κ1) is 21.4. The predicted molar refractivity (Wildman–Crippen MR) is 105 cm³/mol. The topological polar surface area (TPSA) is 85.7 Å². The number of aromatic hydroxyl groups is 1. The van der Waals surface area contributed by atoms with E-state index in [-0.39, 0.29) is 30.6 Å². The number of ether oxygens (including phenoxy) is 3. The number of halogens is 2. The van der Waals surface area contributed by atoms with E-state index in [2.05, 4.69) is 15.3 Å². The number of nitrogens with one attached hydrogen (secondary N) is 1. The molecular formula is C17H19Cl2N3O4. The van der Waals surface area contributed by atoms with Crippen molar-refractivity contribution >= 4 is 47.2 Å². The van der Waals surface area contributed by atoms with Crippen LogP contribution in [0.25, 0.3) is 10.9 Å². The van der Waals surface area contributed by atoms with Crippen molar-refractivity contribution in [2.24, 2.45) is 0 Å². The lowest BCUT2D eigenvalue weighted by Crippen LogP contribution is -2.01. The molecule has 0 amide bonds. The molecule has 140 valence electrons. The van der Waals surface area contributed by atoms with Gasteiger partial charge >= 0.3 is 0 Å². The monoisotopic (exact) mass is 399 g/mol. The minimum atomic E-state index is 0. The standard InChI is InChI=1S/C17H17N3O4.2ClH/c1-22-13-8-12-14(16(24-3)15(13)23-2)17(19-9-18-12)20-10-4-6-11(21)7-5-10;;/h4-9,21H,1-3H3,(H,18,19,20);2*1H. The van der Waals surface area contributed by atoms with E-state index in [1.807, 2.05) is 0 Å². The number of nitrogens with zero attached hydrogens (tertiary/aromatic N) is 2. The lowest BCUT2D eigenvalue weighted by Gasteiger charge is -2.16. The number of phenolic OH excluding ortho intramolecular Hbond substituents is 1. The van der Waals surface area contributed by atoms with Crippen LogP contribution in [0.5, 0.6) is 23.0 Å². The first-order valence-electron chi connectivity index (χ1n) is 7.17. The molecule has 0 aliphatic rings. The van der Waals surface area contributed by atoms with Gasteiger partial charge in [-0.1, -0.05) is 0 Å². The van der Waals surface area contributed by atoms with Crippen LogP contribution in [0.15, 0.2) is 36.7 Å². The lowest BCUT2D eigenvalue weighted by molar-refractivity contribution is 0.327. The van der Waals surface area contributed by atoms with Gasteiger partial charge in [0.25, 0.3) is 0 Å². The molecule has 9 heteroatoms. The lowest BCUT2D eigenvalue weighted by atomic mass is 10.1. The number of hydrogen-bond donors (Lipinski definition) is 2. The minimum absolute atomic E-state index is 0. The number of benzene rings is 2. The third-order valence-corrected chi connectivity index (χ3v) is 3.56. The number of fused-ring (bicyclic) bond motifs is 1. The van der Waals surface area contributed by atoms with E-state index >= 15 is 0 Å². The zero-order chi connectivity index (χ0) is 17.1. The van der Waals surface area contributed by atoms with E-state index < -0.39 is 0 Å². The van der Waals surface area contributed by atoms with E-state index in [4.69, 9.17) is 14.2 Å². The number of aromatic nitrogens is 2. The summed E-state index contributed by atoms with van der Waals surface area (Å²) >= 11 is 0. The van der Waals surface area contributed by atoms with Crippen LogP contribution in [-0.2, 0) is 0 Å². The minimum Gasteiger partial charge on any atom is -0.508 e. The van der Waals surface area contributed by atoms with E-state index in [9.17, 15) is 5.11 Å². The van der Waals surface area contributed by atoms with Gasteiger partial charge in [0.15, 0.2) is 11.5 Å². The summed E-state index contributed by atoms with van der Waals surface area (Å²) in [5.74, 6) is 2.22. The van der Waals surface area contributed by atoms with E-state index in [1.165, 1.54) is 6.33 Å². The van der Waals surface area contributed by atoms with Gasteiger partial charge in [-0.25, -0.2) is 9.97 Å². The highest BCUT2D eigenvalue weighted by Crippen LogP contribution is 2.45. The van der Waals surface area contributed by atoms with Crippen molar-refractivity contribution in [3.63, 3.8) is 0 Å². The summed E-state index contributed by atoms with van der Waals surface area (Å²) in [6, 6.07) is 8.44. The highest BCUT2D eigenvalue weighted by Gasteiger charge is 2.20. The second-order valence-corrected chi connectivity index (χ2v) is 4.93. The van der Waals surface area contributed by atoms with Gasteiger partial charge in [-0.05, 0) is 24.3 Å². The smallest absolute Gasteiger partial charge is 0.204 e. The molecule has 0 saturated carbocycles. The summed E-state index contributed by atoms with van der Waals surface area (Å²) in [7, 11) is 4.65. The van der Waals surface area contributed by atoms with Gasteiger partial charge < -0.3 is 24.6 Å². The Kier molecular flexibility index (Phi) is 7.55. The molecule has 0 aliphatic heterocycles. The zero-order valence-electron chi connectivity index (χ0n) is 14.3. The quantitative estimate of drug-likeness (QED) is 0.628. The molecule has 0 unspecified atom stereocenters. The van der Waals surface area contributed by atoms with Crippen LogP contribution in [0, 0.1) is 0 Å². The third kappa shape index (κ3) is 3.95. The molecule has 0 aliphatic carbocycles. The van der Waals surface area contributed by atoms with Crippen LogP contribution in [0.2, 0.25) is 0 Å². The van der Waals surface area contributed by atoms with Crippen molar-refractivity contribution in [2.45, 2.75) is 0 Å². The highest BCUT2D eigenvalue weighted by molar-refractivity contribution is 5.99. The summed E-state index contributed by atoms with van der Waals surface area (Å²) in [5, 5.41) is 13.3.